The summed E-state index contributed by atoms with van der Waals surface area (Å²) < 4.78 is 1.84. The molecule has 3 nitrogen and oxygen atoms in total. The van der Waals surface area contributed by atoms with Gasteiger partial charge in [0.2, 0.25) is 5.78 Å². The van der Waals surface area contributed by atoms with Crippen molar-refractivity contribution in [2.75, 3.05) is 0 Å². The Hall–Kier alpha value is -1.90. The van der Waals surface area contributed by atoms with Gasteiger partial charge in [-0.1, -0.05) is 30.3 Å². The van der Waals surface area contributed by atoms with Gasteiger partial charge in [-0.2, -0.15) is 0 Å². The minimum Gasteiger partial charge on any atom is -0.328 e. The van der Waals surface area contributed by atoms with Gasteiger partial charge in [-0.15, -0.1) is 0 Å². The van der Waals surface area contributed by atoms with Gasteiger partial charge < -0.3 is 4.57 Å². The zero-order valence-electron chi connectivity index (χ0n) is 8.55. The van der Waals surface area contributed by atoms with E-state index in [-0.39, 0.29) is 5.78 Å². The fourth-order valence-corrected chi connectivity index (χ4v) is 1.50. The first kappa shape index (κ1) is 9.65. The summed E-state index contributed by atoms with van der Waals surface area (Å²) in [5.41, 5.74) is 1.34. The summed E-state index contributed by atoms with van der Waals surface area (Å²) in [6, 6.07) is 9.25. The summed E-state index contributed by atoms with van der Waals surface area (Å²) in [4.78, 5) is 16.0. The molecule has 0 saturated carbocycles. The van der Waals surface area contributed by atoms with Crippen molar-refractivity contribution in [1.82, 2.24) is 9.55 Å². The predicted molar refractivity (Wildman–Crippen MR) is 57.8 cm³/mol. The number of carbonyl (C=O) groups is 1. The molecule has 1 aromatic carbocycles. The van der Waals surface area contributed by atoms with Crippen molar-refractivity contribution in [2.45, 2.75) is 13.5 Å². The summed E-state index contributed by atoms with van der Waals surface area (Å²) in [5.74, 6) is 0.0231. The number of rotatable bonds is 3. The zero-order chi connectivity index (χ0) is 10.7. The van der Waals surface area contributed by atoms with Crippen LogP contribution in [0.1, 0.15) is 23.0 Å². The highest BCUT2D eigenvalue weighted by Crippen LogP contribution is 2.08. The van der Waals surface area contributed by atoms with Crippen LogP contribution in [-0.4, -0.2) is 15.3 Å². The lowest BCUT2D eigenvalue weighted by molar-refractivity contribution is 0.103. The molecule has 0 saturated heterocycles. The molecule has 0 N–H and O–H groups in total. The normalized spacial score (nSPS) is 10.2. The van der Waals surface area contributed by atoms with Crippen molar-refractivity contribution in [3.8, 4) is 0 Å². The van der Waals surface area contributed by atoms with E-state index in [9.17, 15) is 4.79 Å². The molecular weight excluding hydrogens is 188 g/mol. The highest BCUT2D eigenvalue weighted by molar-refractivity contribution is 6.07. The molecule has 0 aliphatic heterocycles. The number of hydrogen-bond donors (Lipinski definition) is 0. The summed E-state index contributed by atoms with van der Waals surface area (Å²) in [7, 11) is 0. The molecule has 1 heterocycles. The highest BCUT2D eigenvalue weighted by Gasteiger charge is 2.12. The maximum atomic E-state index is 12.0. The maximum absolute atomic E-state index is 12.0. The zero-order valence-corrected chi connectivity index (χ0v) is 8.55. The first-order valence-corrected chi connectivity index (χ1v) is 4.93. The lowest BCUT2D eigenvalue weighted by atomic mass is 10.1. The number of carbonyl (C=O) groups excluding carboxylic acids is 1. The number of hydrogen-bond acceptors (Lipinski definition) is 2. The van der Waals surface area contributed by atoms with Gasteiger partial charge in [0, 0.05) is 12.1 Å². The van der Waals surface area contributed by atoms with Crippen molar-refractivity contribution >= 4 is 5.78 Å². The molecule has 0 unspecified atom stereocenters. The summed E-state index contributed by atoms with van der Waals surface area (Å²) in [5, 5.41) is 0. The Morgan fingerprint density at radius 2 is 2.07 bits per heavy atom. The molecule has 2 aromatic rings. The Bertz CT molecular complexity index is 459. The number of nitrogens with zero attached hydrogens (tertiary/aromatic N) is 2. The summed E-state index contributed by atoms with van der Waals surface area (Å²) in [6.45, 7) is 2.75. The molecule has 0 spiro atoms. The molecule has 0 amide bonds. The van der Waals surface area contributed by atoms with E-state index >= 15 is 0 Å². The summed E-state index contributed by atoms with van der Waals surface area (Å²) >= 11 is 0. The molecule has 76 valence electrons. The minimum atomic E-state index is 0.0231. The SMILES string of the molecule is CCn1cncc1C(=O)c1ccccc1. The minimum absolute atomic E-state index is 0.0231. The average Bonchev–Trinajstić information content (AvgIpc) is 2.77. The van der Waals surface area contributed by atoms with E-state index in [4.69, 9.17) is 0 Å². The van der Waals surface area contributed by atoms with Crippen LogP contribution in [0.2, 0.25) is 0 Å². The average molecular weight is 200 g/mol. The van der Waals surface area contributed by atoms with Gasteiger partial charge >= 0.3 is 0 Å². The quantitative estimate of drug-likeness (QED) is 0.711. The first-order valence-electron chi connectivity index (χ1n) is 4.93. The van der Waals surface area contributed by atoms with Crippen molar-refractivity contribution in [3.63, 3.8) is 0 Å². The van der Waals surface area contributed by atoms with E-state index in [1.54, 1.807) is 12.5 Å². The van der Waals surface area contributed by atoms with Gasteiger partial charge in [0.05, 0.1) is 12.5 Å². The molecule has 0 aliphatic rings. The number of benzene rings is 1. The van der Waals surface area contributed by atoms with Crippen molar-refractivity contribution in [3.05, 3.63) is 54.1 Å². The Kier molecular flexibility index (Phi) is 2.63. The molecule has 0 radical (unpaired) electrons. The van der Waals surface area contributed by atoms with Crippen LogP contribution in [0.25, 0.3) is 0 Å². The molecule has 0 aliphatic carbocycles. The van der Waals surface area contributed by atoms with Crippen LogP contribution >= 0.6 is 0 Å². The lowest BCUT2D eigenvalue weighted by Crippen LogP contribution is -2.08. The monoisotopic (exact) mass is 200 g/mol. The molecule has 2 rings (SSSR count). The molecular formula is C12H12N2O. The Labute approximate surface area is 88.4 Å². The van der Waals surface area contributed by atoms with Crippen LogP contribution in [0, 0.1) is 0 Å². The number of ketones is 1. The third-order valence-corrected chi connectivity index (χ3v) is 2.32. The molecule has 0 fully saturated rings. The fraction of sp³-hybridized carbons (Fsp3) is 0.167. The van der Waals surface area contributed by atoms with Crippen LogP contribution in [-0.2, 0) is 6.54 Å². The Balaban J connectivity index is 2.37. The maximum Gasteiger partial charge on any atom is 0.211 e. The third-order valence-electron chi connectivity index (χ3n) is 2.32. The Morgan fingerprint density at radius 1 is 1.33 bits per heavy atom. The van der Waals surface area contributed by atoms with Gasteiger partial charge in [-0.05, 0) is 6.92 Å². The Morgan fingerprint density at radius 3 is 2.73 bits per heavy atom. The van der Waals surface area contributed by atoms with Crippen LogP contribution < -0.4 is 0 Å². The number of aryl methyl sites for hydroxylation is 1. The lowest BCUT2D eigenvalue weighted by Gasteiger charge is -2.03. The molecule has 0 atom stereocenters. The summed E-state index contributed by atoms with van der Waals surface area (Å²) in [6.07, 6.45) is 3.29. The largest absolute Gasteiger partial charge is 0.328 e. The second kappa shape index (κ2) is 4.09. The number of imidazole rings is 1. The molecule has 3 heteroatoms. The van der Waals surface area contributed by atoms with E-state index in [1.807, 2.05) is 41.8 Å². The van der Waals surface area contributed by atoms with Crippen LogP contribution in [0.5, 0.6) is 0 Å². The van der Waals surface area contributed by atoms with Gasteiger partial charge in [0.15, 0.2) is 0 Å². The van der Waals surface area contributed by atoms with Crippen LogP contribution in [0.3, 0.4) is 0 Å². The van der Waals surface area contributed by atoms with E-state index in [0.717, 1.165) is 6.54 Å². The fourth-order valence-electron chi connectivity index (χ4n) is 1.50. The second-order valence-electron chi connectivity index (χ2n) is 3.26. The second-order valence-corrected chi connectivity index (χ2v) is 3.26. The van der Waals surface area contributed by atoms with E-state index in [1.165, 1.54) is 0 Å². The third kappa shape index (κ3) is 1.81. The van der Waals surface area contributed by atoms with Crippen LogP contribution in [0.4, 0.5) is 0 Å². The van der Waals surface area contributed by atoms with E-state index < -0.39 is 0 Å². The standard InChI is InChI=1S/C12H12N2O/c1-2-14-9-13-8-11(14)12(15)10-6-4-3-5-7-10/h3-9H,2H2,1H3. The molecule has 0 bridgehead atoms. The first-order chi connectivity index (χ1) is 7.33. The number of aromatic nitrogens is 2. The van der Waals surface area contributed by atoms with Crippen molar-refractivity contribution < 1.29 is 4.79 Å². The highest BCUT2D eigenvalue weighted by atomic mass is 16.1. The smallest absolute Gasteiger partial charge is 0.211 e. The molecule has 1 aromatic heterocycles. The van der Waals surface area contributed by atoms with Gasteiger partial charge in [-0.25, -0.2) is 4.98 Å². The van der Waals surface area contributed by atoms with Crippen molar-refractivity contribution in [2.24, 2.45) is 0 Å². The van der Waals surface area contributed by atoms with Gasteiger partial charge in [0.25, 0.3) is 0 Å². The topological polar surface area (TPSA) is 34.9 Å². The van der Waals surface area contributed by atoms with Crippen molar-refractivity contribution in [1.29, 1.82) is 0 Å². The van der Waals surface area contributed by atoms with E-state index in [2.05, 4.69) is 4.98 Å². The van der Waals surface area contributed by atoms with Gasteiger partial charge in [0.1, 0.15) is 5.69 Å². The van der Waals surface area contributed by atoms with E-state index in [0.29, 0.717) is 11.3 Å². The van der Waals surface area contributed by atoms with Crippen LogP contribution in [0.15, 0.2) is 42.9 Å². The van der Waals surface area contributed by atoms with Gasteiger partial charge in [-0.3, -0.25) is 4.79 Å². The molecule has 15 heavy (non-hydrogen) atoms. The predicted octanol–water partition coefficient (Wildman–Crippen LogP) is 2.13.